The van der Waals surface area contributed by atoms with E-state index in [2.05, 4.69) is 44.3 Å². The van der Waals surface area contributed by atoms with Crippen molar-refractivity contribution in [3.05, 3.63) is 85.2 Å². The molecule has 7 nitrogen and oxygen atoms in total. The summed E-state index contributed by atoms with van der Waals surface area (Å²) in [4.78, 5) is 23.4. The Morgan fingerprint density at radius 1 is 1.06 bits per heavy atom. The van der Waals surface area contributed by atoms with Crippen molar-refractivity contribution < 1.29 is 0 Å². The molecule has 4 aromatic rings. The number of halogens is 2. The molecule has 4 N–H and O–H groups in total. The molecule has 3 aliphatic rings. The van der Waals surface area contributed by atoms with Gasteiger partial charge in [-0.15, -0.1) is 0 Å². The molecule has 0 unspecified atom stereocenters. The van der Waals surface area contributed by atoms with Crippen LogP contribution in [0.2, 0.25) is 10.0 Å². The molecule has 0 bridgehead atoms. The van der Waals surface area contributed by atoms with Crippen LogP contribution >= 0.6 is 23.2 Å². The third-order valence-electron chi connectivity index (χ3n) is 8.72. The van der Waals surface area contributed by atoms with Crippen LogP contribution in [0.1, 0.15) is 54.1 Å². The lowest BCUT2D eigenvalue weighted by Crippen LogP contribution is -2.45. The Kier molecular flexibility index (Phi) is 4.85. The zero-order valence-corrected chi connectivity index (χ0v) is 21.2. The fraction of sp³-hybridized carbons (Fsp3) is 0.370. The molecule has 2 aliphatic carbocycles. The zero-order chi connectivity index (χ0) is 24.7. The highest BCUT2D eigenvalue weighted by molar-refractivity contribution is 6.35. The standard InChI is InChI=1S/C27H26Cl2N6O/c28-16-5-6-18(19(29)13-16)27(7-8-27)22-20-23(34-33-22)31-25(32-24(20)36)35-11-9-26(10-12-35)14-15-3-1-2-4-17(15)21(26)30/h1-6,13,21H,7-12,14,30H2,(H2,31,32,33,34,36)/t21-/m1/s1. The Morgan fingerprint density at radius 3 is 2.56 bits per heavy atom. The number of nitrogens with zero attached hydrogens (tertiary/aromatic N) is 3. The van der Waals surface area contributed by atoms with E-state index in [1.54, 1.807) is 6.07 Å². The highest BCUT2D eigenvalue weighted by Crippen LogP contribution is 2.56. The van der Waals surface area contributed by atoms with Crippen molar-refractivity contribution in [3.8, 4) is 0 Å². The molecule has 1 spiro atoms. The minimum absolute atomic E-state index is 0.0509. The molecular weight excluding hydrogens is 495 g/mol. The van der Waals surface area contributed by atoms with Crippen molar-refractivity contribution in [1.29, 1.82) is 0 Å². The van der Waals surface area contributed by atoms with Crippen LogP contribution in [0.15, 0.2) is 47.3 Å². The van der Waals surface area contributed by atoms with E-state index in [1.807, 2.05) is 12.1 Å². The van der Waals surface area contributed by atoms with Gasteiger partial charge in [0.2, 0.25) is 5.95 Å². The fourth-order valence-electron chi connectivity index (χ4n) is 6.53. The maximum absolute atomic E-state index is 13.4. The number of hydrogen-bond acceptors (Lipinski definition) is 5. The van der Waals surface area contributed by atoms with Gasteiger partial charge in [-0.05, 0) is 66.3 Å². The number of nitrogens with one attached hydrogen (secondary N) is 2. The van der Waals surface area contributed by atoms with Crippen LogP contribution in [0.4, 0.5) is 5.95 Å². The van der Waals surface area contributed by atoms with Crippen LogP contribution in [-0.4, -0.2) is 33.3 Å². The minimum atomic E-state index is -0.388. The number of H-pyrrole nitrogens is 2. The molecule has 2 aromatic carbocycles. The van der Waals surface area contributed by atoms with Gasteiger partial charge in [-0.1, -0.05) is 53.5 Å². The third-order valence-corrected chi connectivity index (χ3v) is 9.27. The molecule has 1 saturated carbocycles. The van der Waals surface area contributed by atoms with Crippen molar-refractivity contribution in [2.45, 2.75) is 43.6 Å². The molecule has 2 aromatic heterocycles. The van der Waals surface area contributed by atoms with Crippen LogP contribution in [-0.2, 0) is 11.8 Å². The van der Waals surface area contributed by atoms with Gasteiger partial charge < -0.3 is 10.6 Å². The van der Waals surface area contributed by atoms with Gasteiger partial charge >= 0.3 is 0 Å². The van der Waals surface area contributed by atoms with Gasteiger partial charge in [0.15, 0.2) is 5.65 Å². The van der Waals surface area contributed by atoms with E-state index in [0.717, 1.165) is 50.8 Å². The monoisotopic (exact) mass is 520 g/mol. The molecule has 3 heterocycles. The SMILES string of the molecule is N[C@@H]1c2ccccc2CC12CCN(c1nc3[nH]nc(C4(c5ccc(Cl)cc5Cl)CC4)c3c(=O)[nH]1)CC2. The molecule has 0 amide bonds. The quantitative estimate of drug-likeness (QED) is 0.357. The molecular formula is C27H26Cl2N6O. The van der Waals surface area contributed by atoms with Gasteiger partial charge in [0, 0.05) is 34.6 Å². The van der Waals surface area contributed by atoms with Gasteiger partial charge in [-0.2, -0.15) is 10.1 Å². The lowest BCUT2D eigenvalue weighted by Gasteiger charge is -2.42. The first-order chi connectivity index (χ1) is 17.4. The average Bonchev–Trinajstić information content (AvgIpc) is 3.46. The van der Waals surface area contributed by atoms with Crippen molar-refractivity contribution in [1.82, 2.24) is 20.2 Å². The summed E-state index contributed by atoms with van der Waals surface area (Å²) < 4.78 is 0. The number of rotatable bonds is 3. The second kappa shape index (κ2) is 7.81. The first kappa shape index (κ1) is 22.3. The number of aromatic nitrogens is 4. The summed E-state index contributed by atoms with van der Waals surface area (Å²) in [6.07, 6.45) is 4.66. The summed E-state index contributed by atoms with van der Waals surface area (Å²) in [5.74, 6) is 0.580. The molecule has 1 aliphatic heterocycles. The second-order valence-electron chi connectivity index (χ2n) is 10.6. The summed E-state index contributed by atoms with van der Waals surface area (Å²) >= 11 is 12.7. The molecule has 184 valence electrons. The van der Waals surface area contributed by atoms with Gasteiger partial charge in [-0.3, -0.25) is 14.9 Å². The van der Waals surface area contributed by atoms with E-state index in [4.69, 9.17) is 33.9 Å². The number of anilines is 1. The van der Waals surface area contributed by atoms with Crippen molar-refractivity contribution in [3.63, 3.8) is 0 Å². The van der Waals surface area contributed by atoms with E-state index in [0.29, 0.717) is 32.7 Å². The van der Waals surface area contributed by atoms with Crippen LogP contribution < -0.4 is 16.2 Å². The Hall–Kier alpha value is -2.87. The summed E-state index contributed by atoms with van der Waals surface area (Å²) in [6.45, 7) is 1.59. The molecule has 9 heteroatoms. The predicted molar refractivity (Wildman–Crippen MR) is 142 cm³/mol. The van der Waals surface area contributed by atoms with Crippen LogP contribution in [0, 0.1) is 5.41 Å². The molecule has 7 rings (SSSR count). The van der Waals surface area contributed by atoms with Gasteiger partial charge in [0.1, 0.15) is 5.39 Å². The first-order valence-corrected chi connectivity index (χ1v) is 13.2. The average molecular weight is 521 g/mol. The molecule has 2 fully saturated rings. The van der Waals surface area contributed by atoms with Gasteiger partial charge in [-0.25, -0.2) is 0 Å². The summed E-state index contributed by atoms with van der Waals surface area (Å²) in [5.41, 5.74) is 11.0. The molecule has 1 saturated heterocycles. The minimum Gasteiger partial charge on any atom is -0.342 e. The maximum atomic E-state index is 13.4. The Labute approximate surface area is 218 Å². The number of benzene rings is 2. The Bertz CT molecular complexity index is 1560. The normalized spacial score (nSPS) is 21.8. The van der Waals surface area contributed by atoms with E-state index in [1.165, 1.54) is 11.1 Å². The third kappa shape index (κ3) is 3.19. The van der Waals surface area contributed by atoms with Crippen molar-refractivity contribution in [2.24, 2.45) is 11.1 Å². The smallest absolute Gasteiger partial charge is 0.263 e. The lowest BCUT2D eigenvalue weighted by molar-refractivity contribution is 0.187. The molecule has 1 atom stereocenters. The number of nitrogens with two attached hydrogens (primary N) is 1. The van der Waals surface area contributed by atoms with Gasteiger partial charge in [0.05, 0.1) is 5.69 Å². The predicted octanol–water partition coefficient (Wildman–Crippen LogP) is 4.88. The number of piperidine rings is 1. The Balaban J connectivity index is 1.18. The van der Waals surface area contributed by atoms with E-state index in [9.17, 15) is 4.79 Å². The zero-order valence-electron chi connectivity index (χ0n) is 19.7. The van der Waals surface area contributed by atoms with Crippen molar-refractivity contribution in [2.75, 3.05) is 18.0 Å². The summed E-state index contributed by atoms with van der Waals surface area (Å²) in [5, 5.41) is 9.28. The lowest BCUT2D eigenvalue weighted by atomic mass is 9.73. The highest BCUT2D eigenvalue weighted by Gasteiger charge is 2.51. The van der Waals surface area contributed by atoms with Crippen LogP contribution in [0.25, 0.3) is 11.0 Å². The Morgan fingerprint density at radius 2 is 1.83 bits per heavy atom. The maximum Gasteiger partial charge on any atom is 0.263 e. The molecule has 0 radical (unpaired) electrons. The van der Waals surface area contributed by atoms with Gasteiger partial charge in [0.25, 0.3) is 5.56 Å². The summed E-state index contributed by atoms with van der Waals surface area (Å²) in [6, 6.07) is 14.1. The molecule has 36 heavy (non-hydrogen) atoms. The van der Waals surface area contributed by atoms with Crippen molar-refractivity contribution >= 4 is 40.2 Å². The number of hydrogen-bond donors (Lipinski definition) is 3. The van der Waals surface area contributed by atoms with Crippen LogP contribution in [0.3, 0.4) is 0 Å². The van der Waals surface area contributed by atoms with E-state index < -0.39 is 0 Å². The number of aromatic amines is 2. The topological polar surface area (TPSA) is 104 Å². The number of fused-ring (bicyclic) bond motifs is 2. The van der Waals surface area contributed by atoms with E-state index >= 15 is 0 Å². The first-order valence-electron chi connectivity index (χ1n) is 12.4. The largest absolute Gasteiger partial charge is 0.342 e. The van der Waals surface area contributed by atoms with Crippen LogP contribution in [0.5, 0.6) is 0 Å². The van der Waals surface area contributed by atoms with E-state index in [-0.39, 0.29) is 22.4 Å². The summed E-state index contributed by atoms with van der Waals surface area (Å²) in [7, 11) is 0. The highest BCUT2D eigenvalue weighted by atomic mass is 35.5. The fourth-order valence-corrected chi connectivity index (χ4v) is 7.12. The second-order valence-corrected chi connectivity index (χ2v) is 11.4.